The minimum absolute atomic E-state index is 0.0565. The van der Waals surface area contributed by atoms with Crippen LogP contribution in [0.3, 0.4) is 0 Å². The number of hydrogen-bond donors (Lipinski definition) is 2. The van der Waals surface area contributed by atoms with Crippen molar-refractivity contribution >= 4 is 31.2 Å². The molecule has 180 valence electrons. The van der Waals surface area contributed by atoms with Crippen LogP contribution in [0.5, 0.6) is 0 Å². The lowest BCUT2D eigenvalue weighted by Gasteiger charge is -2.26. The molecule has 4 aromatic carbocycles. The van der Waals surface area contributed by atoms with Crippen molar-refractivity contribution in [1.82, 2.24) is 5.32 Å². The number of nitrogens with one attached hydrogen (secondary N) is 1. The zero-order valence-electron chi connectivity index (χ0n) is 19.4. The average Bonchev–Trinajstić information content (AvgIpc) is 2.91. The second kappa shape index (κ2) is 12.4. The standard InChI is InChI=1S/C28H29NO4P2/c30-35(31,32-24-23-29-22-21-25-13-5-1-6-14-25)33-34(26-15-7-2-8-16-26,27-17-9-3-10-18-27)28-19-11-4-12-20-28/h1-20,29H,21-24H2/p+1. The quantitative estimate of drug-likeness (QED) is 0.212. The van der Waals surface area contributed by atoms with Crippen LogP contribution in [-0.2, 0) is 19.8 Å². The highest BCUT2D eigenvalue weighted by Gasteiger charge is 2.54. The summed E-state index contributed by atoms with van der Waals surface area (Å²) >= 11 is 0. The first-order valence-corrected chi connectivity index (χ1v) is 14.8. The Labute approximate surface area is 207 Å². The Bertz CT molecular complexity index is 1110. The van der Waals surface area contributed by atoms with Gasteiger partial charge in [0.2, 0.25) is 0 Å². The van der Waals surface area contributed by atoms with Crippen molar-refractivity contribution in [3.63, 3.8) is 0 Å². The molecule has 2 N–H and O–H groups in total. The molecule has 0 aromatic heterocycles. The van der Waals surface area contributed by atoms with E-state index in [1.165, 1.54) is 5.56 Å². The van der Waals surface area contributed by atoms with E-state index in [1.807, 2.05) is 109 Å². The SMILES string of the molecule is O=P(O)(OCCNCCc1ccccc1)O[P+](c1ccccc1)(c1ccccc1)c1ccccc1. The molecule has 0 spiro atoms. The summed E-state index contributed by atoms with van der Waals surface area (Å²) in [6, 6.07) is 39.1. The van der Waals surface area contributed by atoms with Gasteiger partial charge < -0.3 is 10.2 Å². The van der Waals surface area contributed by atoms with Crippen LogP contribution in [-0.4, -0.2) is 24.6 Å². The van der Waals surface area contributed by atoms with Gasteiger partial charge in [-0.05, 0) is 54.9 Å². The molecule has 0 aliphatic carbocycles. The van der Waals surface area contributed by atoms with Crippen molar-refractivity contribution in [3.8, 4) is 0 Å². The Morgan fingerprint density at radius 2 is 1.09 bits per heavy atom. The van der Waals surface area contributed by atoms with Crippen LogP contribution in [0.4, 0.5) is 0 Å². The van der Waals surface area contributed by atoms with Crippen LogP contribution in [0.15, 0.2) is 121 Å². The van der Waals surface area contributed by atoms with Crippen molar-refractivity contribution in [2.45, 2.75) is 6.42 Å². The van der Waals surface area contributed by atoms with Crippen LogP contribution in [0.25, 0.3) is 0 Å². The normalized spacial score (nSPS) is 13.3. The van der Waals surface area contributed by atoms with Crippen LogP contribution >= 0.6 is 15.3 Å². The van der Waals surface area contributed by atoms with E-state index in [0.29, 0.717) is 6.54 Å². The Morgan fingerprint density at radius 1 is 0.657 bits per heavy atom. The van der Waals surface area contributed by atoms with Gasteiger partial charge in [0, 0.05) is 6.54 Å². The van der Waals surface area contributed by atoms with E-state index in [0.717, 1.165) is 28.9 Å². The van der Waals surface area contributed by atoms with Crippen LogP contribution in [0, 0.1) is 0 Å². The Kier molecular flexibility index (Phi) is 9.01. The maximum Gasteiger partial charge on any atom is 0.506 e. The molecular formula is C28H30NO4P2+. The van der Waals surface area contributed by atoms with Crippen molar-refractivity contribution in [2.75, 3.05) is 19.7 Å². The largest absolute Gasteiger partial charge is 0.506 e. The van der Waals surface area contributed by atoms with Gasteiger partial charge in [0.05, 0.1) is 6.61 Å². The van der Waals surface area contributed by atoms with Gasteiger partial charge in [-0.25, -0.2) is 4.57 Å². The van der Waals surface area contributed by atoms with Gasteiger partial charge >= 0.3 is 7.82 Å². The summed E-state index contributed by atoms with van der Waals surface area (Å²) in [7, 11) is -7.34. The summed E-state index contributed by atoms with van der Waals surface area (Å²) in [5.41, 5.74) is 1.24. The molecule has 0 saturated carbocycles. The van der Waals surface area contributed by atoms with Crippen LogP contribution < -0.4 is 21.2 Å². The Hall–Kier alpha value is -2.62. The van der Waals surface area contributed by atoms with E-state index in [2.05, 4.69) is 17.4 Å². The summed E-state index contributed by atoms with van der Waals surface area (Å²) in [6.07, 6.45) is 0.874. The molecule has 0 heterocycles. The molecule has 0 radical (unpaired) electrons. The summed E-state index contributed by atoms with van der Waals surface area (Å²) < 4.78 is 25.0. The molecule has 0 aliphatic heterocycles. The minimum Gasteiger partial charge on any atom is -0.314 e. The molecular weight excluding hydrogens is 476 g/mol. The van der Waals surface area contributed by atoms with Gasteiger partial charge in [0.15, 0.2) is 0 Å². The van der Waals surface area contributed by atoms with Crippen molar-refractivity contribution < 1.29 is 18.3 Å². The topological polar surface area (TPSA) is 67.8 Å². The van der Waals surface area contributed by atoms with Gasteiger partial charge in [-0.2, -0.15) is 0 Å². The number of hydrogen-bond acceptors (Lipinski definition) is 4. The highest BCUT2D eigenvalue weighted by molar-refractivity contribution is 7.94. The predicted octanol–water partition coefficient (Wildman–Crippen LogP) is 4.86. The fourth-order valence-electron chi connectivity index (χ4n) is 3.92. The maximum absolute atomic E-state index is 13.3. The van der Waals surface area contributed by atoms with Gasteiger partial charge in [-0.3, -0.25) is 4.52 Å². The number of rotatable bonds is 12. The van der Waals surface area contributed by atoms with E-state index in [-0.39, 0.29) is 6.61 Å². The average molecular weight is 506 g/mol. The molecule has 0 saturated heterocycles. The highest BCUT2D eigenvalue weighted by atomic mass is 31.3. The summed E-state index contributed by atoms with van der Waals surface area (Å²) in [4.78, 5) is 10.9. The van der Waals surface area contributed by atoms with E-state index in [1.54, 1.807) is 0 Å². The molecule has 4 rings (SSSR count). The minimum atomic E-state index is -4.41. The molecule has 0 bridgehead atoms. The van der Waals surface area contributed by atoms with E-state index in [4.69, 9.17) is 8.83 Å². The third-order valence-electron chi connectivity index (χ3n) is 5.55. The lowest BCUT2D eigenvalue weighted by Crippen LogP contribution is -2.32. The molecule has 4 aromatic rings. The number of phosphoric ester groups is 1. The highest BCUT2D eigenvalue weighted by Crippen LogP contribution is 2.67. The van der Waals surface area contributed by atoms with Gasteiger partial charge in [-0.15, -0.1) is 4.31 Å². The summed E-state index contributed by atoms with van der Waals surface area (Å²) in [5.74, 6) is 0. The van der Waals surface area contributed by atoms with Gasteiger partial charge in [0.25, 0.3) is 7.49 Å². The summed E-state index contributed by atoms with van der Waals surface area (Å²) in [5, 5.41) is 5.79. The molecule has 0 fully saturated rings. The van der Waals surface area contributed by atoms with E-state index >= 15 is 0 Å². The third-order valence-corrected chi connectivity index (χ3v) is 10.9. The van der Waals surface area contributed by atoms with E-state index < -0.39 is 15.3 Å². The second-order valence-electron chi connectivity index (χ2n) is 7.98. The molecule has 0 amide bonds. The van der Waals surface area contributed by atoms with Crippen molar-refractivity contribution in [1.29, 1.82) is 0 Å². The lowest BCUT2D eigenvalue weighted by molar-refractivity contribution is 0.209. The molecule has 5 nitrogen and oxygen atoms in total. The fraction of sp³-hybridized carbons (Fsp3) is 0.143. The first-order chi connectivity index (χ1) is 17.1. The zero-order chi connectivity index (χ0) is 24.4. The first kappa shape index (κ1) is 25.5. The van der Waals surface area contributed by atoms with Crippen LogP contribution in [0.2, 0.25) is 0 Å². The van der Waals surface area contributed by atoms with Crippen molar-refractivity contribution in [2.24, 2.45) is 0 Å². The Balaban J connectivity index is 1.52. The molecule has 35 heavy (non-hydrogen) atoms. The maximum atomic E-state index is 13.3. The second-order valence-corrected chi connectivity index (χ2v) is 12.6. The summed E-state index contributed by atoms with van der Waals surface area (Å²) in [6.45, 7) is 1.24. The van der Waals surface area contributed by atoms with Crippen LogP contribution in [0.1, 0.15) is 5.56 Å². The van der Waals surface area contributed by atoms with Gasteiger partial charge in [0.1, 0.15) is 15.9 Å². The number of benzene rings is 4. The zero-order valence-corrected chi connectivity index (χ0v) is 21.2. The molecule has 7 heteroatoms. The first-order valence-electron chi connectivity index (χ1n) is 11.6. The molecule has 1 atom stereocenters. The molecule has 1 unspecified atom stereocenters. The molecule has 0 aliphatic rings. The lowest BCUT2D eigenvalue weighted by atomic mass is 10.1. The van der Waals surface area contributed by atoms with Crippen molar-refractivity contribution in [3.05, 3.63) is 127 Å². The third kappa shape index (κ3) is 6.74. The smallest absolute Gasteiger partial charge is 0.314 e. The van der Waals surface area contributed by atoms with E-state index in [9.17, 15) is 9.46 Å². The monoisotopic (exact) mass is 506 g/mol. The predicted molar refractivity (Wildman–Crippen MR) is 145 cm³/mol. The Morgan fingerprint density at radius 3 is 1.54 bits per heavy atom. The number of phosphoric acid groups is 1. The van der Waals surface area contributed by atoms with Gasteiger partial charge in [-0.1, -0.05) is 84.9 Å². The fourth-order valence-corrected chi connectivity index (χ4v) is 9.47.